The van der Waals surface area contributed by atoms with Gasteiger partial charge in [-0.15, -0.1) is 0 Å². The number of rotatable bonds is 1. The van der Waals surface area contributed by atoms with Crippen molar-refractivity contribution in [2.24, 2.45) is 0 Å². The molecule has 1 rings (SSSR count). The topological polar surface area (TPSA) is 0 Å². The summed E-state index contributed by atoms with van der Waals surface area (Å²) in [7, 11) is 5.77. The van der Waals surface area contributed by atoms with Crippen molar-refractivity contribution in [1.82, 2.24) is 0 Å². The predicted octanol–water partition coefficient (Wildman–Crippen LogP) is 1.74. The van der Waals surface area contributed by atoms with E-state index in [1.165, 1.54) is 0 Å². The molecule has 0 unspecified atom stereocenters. The third kappa shape index (κ3) is 1.54. The summed E-state index contributed by atoms with van der Waals surface area (Å²) in [5, 5.41) is 0. The molecule has 1 heteroatoms. The highest BCUT2D eigenvalue weighted by molar-refractivity contribution is 6.34. The van der Waals surface area contributed by atoms with Crippen LogP contribution in [-0.4, -0.2) is 7.85 Å². The Labute approximate surface area is 69.4 Å². The molecule has 0 bridgehead atoms. The van der Waals surface area contributed by atoms with Crippen LogP contribution in [0.5, 0.6) is 0 Å². The molecule has 0 fully saturated rings. The van der Waals surface area contributed by atoms with Crippen LogP contribution >= 0.6 is 0 Å². The standard InChI is InChI=1S/C10H11B/c1-4-9-5-7(2)10(11)8(3)6-9/h4-6H,1H2,2-3H3. The van der Waals surface area contributed by atoms with Gasteiger partial charge in [0.25, 0.3) is 0 Å². The monoisotopic (exact) mass is 142 g/mol. The lowest BCUT2D eigenvalue weighted by atomic mass is 9.85. The maximum Gasteiger partial charge on any atom is 0.114 e. The van der Waals surface area contributed by atoms with Crippen LogP contribution in [0, 0.1) is 13.8 Å². The van der Waals surface area contributed by atoms with Crippen LogP contribution in [-0.2, 0) is 0 Å². The lowest BCUT2D eigenvalue weighted by Crippen LogP contribution is -2.11. The Bertz CT molecular complexity index is 264. The maximum atomic E-state index is 5.77. The average Bonchev–Trinajstić information content (AvgIpc) is 1.99. The van der Waals surface area contributed by atoms with Gasteiger partial charge in [0.05, 0.1) is 0 Å². The highest BCUT2D eigenvalue weighted by atomic mass is 14.0. The fourth-order valence-electron chi connectivity index (χ4n) is 1.13. The van der Waals surface area contributed by atoms with Gasteiger partial charge in [0.2, 0.25) is 0 Å². The Morgan fingerprint density at radius 3 is 2.09 bits per heavy atom. The molecule has 0 nitrogen and oxygen atoms in total. The molecular formula is C10H11B. The first kappa shape index (κ1) is 8.12. The van der Waals surface area contributed by atoms with Crippen LogP contribution in [0.25, 0.3) is 6.08 Å². The molecule has 0 aliphatic carbocycles. The Hall–Kier alpha value is -0.975. The largest absolute Gasteiger partial charge is 0.114 e. The van der Waals surface area contributed by atoms with E-state index in [2.05, 4.69) is 6.58 Å². The molecule has 1 aromatic carbocycles. The maximum absolute atomic E-state index is 5.77. The normalized spacial score (nSPS) is 9.64. The Kier molecular flexibility index (Phi) is 2.18. The fourth-order valence-corrected chi connectivity index (χ4v) is 1.13. The highest BCUT2D eigenvalue weighted by Crippen LogP contribution is 2.06. The van der Waals surface area contributed by atoms with Crippen molar-refractivity contribution in [2.45, 2.75) is 13.8 Å². The first-order valence-corrected chi connectivity index (χ1v) is 3.64. The van der Waals surface area contributed by atoms with Crippen molar-refractivity contribution in [1.29, 1.82) is 0 Å². The zero-order valence-corrected chi connectivity index (χ0v) is 7.02. The fraction of sp³-hybridized carbons (Fsp3) is 0.200. The number of hydrogen-bond acceptors (Lipinski definition) is 0. The minimum Gasteiger partial charge on any atom is -0.0985 e. The molecule has 1 aromatic rings. The van der Waals surface area contributed by atoms with Crippen molar-refractivity contribution in [3.63, 3.8) is 0 Å². The molecule has 0 atom stereocenters. The molecule has 0 N–H and O–H groups in total. The van der Waals surface area contributed by atoms with Gasteiger partial charge in [0.15, 0.2) is 0 Å². The second kappa shape index (κ2) is 2.95. The molecule has 2 radical (unpaired) electrons. The summed E-state index contributed by atoms with van der Waals surface area (Å²) in [5.41, 5.74) is 4.27. The zero-order valence-electron chi connectivity index (χ0n) is 7.02. The quantitative estimate of drug-likeness (QED) is 0.524. The zero-order chi connectivity index (χ0) is 8.43. The van der Waals surface area contributed by atoms with Gasteiger partial charge in [0.1, 0.15) is 7.85 Å². The van der Waals surface area contributed by atoms with Gasteiger partial charge >= 0.3 is 0 Å². The van der Waals surface area contributed by atoms with E-state index in [0.29, 0.717) is 0 Å². The second-order valence-electron chi connectivity index (χ2n) is 2.77. The van der Waals surface area contributed by atoms with E-state index in [-0.39, 0.29) is 0 Å². The van der Waals surface area contributed by atoms with Crippen molar-refractivity contribution in [3.8, 4) is 0 Å². The molecule has 0 amide bonds. The van der Waals surface area contributed by atoms with Crippen molar-refractivity contribution < 1.29 is 0 Å². The van der Waals surface area contributed by atoms with E-state index in [1.54, 1.807) is 0 Å². The van der Waals surface area contributed by atoms with Gasteiger partial charge in [-0.1, -0.05) is 41.4 Å². The van der Waals surface area contributed by atoms with Gasteiger partial charge in [-0.3, -0.25) is 0 Å². The number of aryl methyl sites for hydroxylation is 2. The van der Waals surface area contributed by atoms with E-state index in [4.69, 9.17) is 7.85 Å². The summed E-state index contributed by atoms with van der Waals surface area (Å²) < 4.78 is 0. The molecule has 0 spiro atoms. The molecule has 0 saturated carbocycles. The summed E-state index contributed by atoms with van der Waals surface area (Å²) in [6.45, 7) is 7.72. The number of hydrogen-bond donors (Lipinski definition) is 0. The van der Waals surface area contributed by atoms with Crippen LogP contribution in [0.4, 0.5) is 0 Å². The van der Waals surface area contributed by atoms with Crippen LogP contribution in [0.1, 0.15) is 16.7 Å². The molecule has 0 heterocycles. The van der Waals surface area contributed by atoms with E-state index in [9.17, 15) is 0 Å². The molecule has 54 valence electrons. The van der Waals surface area contributed by atoms with E-state index in [1.807, 2.05) is 32.1 Å². The van der Waals surface area contributed by atoms with Crippen molar-refractivity contribution in [3.05, 3.63) is 35.4 Å². The van der Waals surface area contributed by atoms with Gasteiger partial charge in [-0.25, -0.2) is 0 Å². The number of benzene rings is 1. The molecule has 11 heavy (non-hydrogen) atoms. The molecule has 0 aliphatic rings. The van der Waals surface area contributed by atoms with E-state index in [0.717, 1.165) is 22.2 Å². The highest BCUT2D eigenvalue weighted by Gasteiger charge is 1.96. The lowest BCUT2D eigenvalue weighted by Gasteiger charge is -2.05. The van der Waals surface area contributed by atoms with Crippen LogP contribution < -0.4 is 5.46 Å². The summed E-state index contributed by atoms with van der Waals surface area (Å²) in [6.07, 6.45) is 1.83. The van der Waals surface area contributed by atoms with Gasteiger partial charge in [0, 0.05) is 0 Å². The average molecular weight is 142 g/mol. The lowest BCUT2D eigenvalue weighted by molar-refractivity contribution is 1.42. The molecule has 0 aliphatic heterocycles. The molecule has 0 saturated heterocycles. The molecule has 0 aromatic heterocycles. The van der Waals surface area contributed by atoms with E-state index < -0.39 is 0 Å². The third-order valence-corrected chi connectivity index (χ3v) is 1.85. The summed E-state index contributed by atoms with van der Waals surface area (Å²) in [6, 6.07) is 4.07. The minimum absolute atomic E-state index is 0.885. The summed E-state index contributed by atoms with van der Waals surface area (Å²) >= 11 is 0. The van der Waals surface area contributed by atoms with Gasteiger partial charge in [-0.05, 0) is 19.4 Å². The smallest absolute Gasteiger partial charge is 0.0985 e. The first-order chi connectivity index (χ1) is 5.15. The Balaban J connectivity index is 3.31. The second-order valence-corrected chi connectivity index (χ2v) is 2.77. The Morgan fingerprint density at radius 2 is 1.73 bits per heavy atom. The summed E-state index contributed by atoms with van der Waals surface area (Å²) in [4.78, 5) is 0. The molecular weight excluding hydrogens is 131 g/mol. The van der Waals surface area contributed by atoms with Crippen LogP contribution in [0.15, 0.2) is 18.7 Å². The van der Waals surface area contributed by atoms with Crippen molar-refractivity contribution in [2.75, 3.05) is 0 Å². The first-order valence-electron chi connectivity index (χ1n) is 3.64. The summed E-state index contributed by atoms with van der Waals surface area (Å²) in [5.74, 6) is 0. The van der Waals surface area contributed by atoms with Gasteiger partial charge in [-0.2, -0.15) is 0 Å². The van der Waals surface area contributed by atoms with Crippen LogP contribution in [0.3, 0.4) is 0 Å². The SMILES string of the molecule is [B]c1c(C)cc(C=C)cc1C. The minimum atomic E-state index is 0.885. The van der Waals surface area contributed by atoms with Crippen molar-refractivity contribution >= 4 is 19.4 Å². The van der Waals surface area contributed by atoms with E-state index >= 15 is 0 Å². The predicted molar refractivity (Wildman–Crippen MR) is 51.4 cm³/mol. The van der Waals surface area contributed by atoms with Gasteiger partial charge < -0.3 is 0 Å². The van der Waals surface area contributed by atoms with Crippen LogP contribution in [0.2, 0.25) is 0 Å². The third-order valence-electron chi connectivity index (χ3n) is 1.85. The Morgan fingerprint density at radius 1 is 1.27 bits per heavy atom.